The molecule has 0 bridgehead atoms. The van der Waals surface area contributed by atoms with Crippen LogP contribution in [0, 0.1) is 0 Å². The molecule has 4 N–H and O–H groups in total. The molecule has 1 fully saturated rings. The van der Waals surface area contributed by atoms with Gasteiger partial charge in [-0.25, -0.2) is 0 Å². The summed E-state index contributed by atoms with van der Waals surface area (Å²) in [5.74, 6) is -0.476. The number of nitrogen functional groups attached to an aromatic ring is 1. The Hall–Kier alpha value is -1.95. The number of rotatable bonds is 1. The van der Waals surface area contributed by atoms with E-state index in [9.17, 15) is 14.7 Å². The lowest BCUT2D eigenvalue weighted by molar-refractivity contribution is -0.115. The Labute approximate surface area is 95.3 Å². The van der Waals surface area contributed by atoms with Crippen molar-refractivity contribution in [2.24, 2.45) is 0 Å². The monoisotopic (exact) mass is 236 g/mol. The maximum absolute atomic E-state index is 11.2. The van der Waals surface area contributed by atoms with Crippen molar-refractivity contribution in [1.82, 2.24) is 5.32 Å². The Bertz CT molecular complexity index is 511. The number of amides is 2. The first-order valence-corrected chi connectivity index (χ1v) is 5.21. The molecule has 0 spiro atoms. The number of hydrogen-bond donors (Lipinski definition) is 3. The van der Waals surface area contributed by atoms with Gasteiger partial charge >= 0.3 is 0 Å². The number of nitrogens with one attached hydrogen (secondary N) is 1. The van der Waals surface area contributed by atoms with Gasteiger partial charge in [0.25, 0.3) is 11.1 Å². The second-order valence-corrected chi connectivity index (χ2v) is 4.19. The SMILES string of the molecule is Nc1ccc(/C=C2\SC(=O)NC2=O)cc1O. The fourth-order valence-corrected chi connectivity index (χ4v) is 1.91. The van der Waals surface area contributed by atoms with Crippen LogP contribution in [0.1, 0.15) is 5.56 Å². The maximum Gasteiger partial charge on any atom is 0.290 e. The van der Waals surface area contributed by atoms with E-state index < -0.39 is 11.1 Å². The van der Waals surface area contributed by atoms with Crippen molar-refractivity contribution in [3.05, 3.63) is 28.7 Å². The summed E-state index contributed by atoms with van der Waals surface area (Å²) in [6.45, 7) is 0. The van der Waals surface area contributed by atoms with Gasteiger partial charge in [-0.3, -0.25) is 14.9 Å². The molecule has 0 atom stereocenters. The lowest BCUT2D eigenvalue weighted by Crippen LogP contribution is -2.17. The predicted molar refractivity (Wildman–Crippen MR) is 61.6 cm³/mol. The van der Waals surface area contributed by atoms with Crippen LogP contribution in [-0.4, -0.2) is 16.3 Å². The molecule has 1 aromatic carbocycles. The number of benzene rings is 1. The van der Waals surface area contributed by atoms with Gasteiger partial charge in [0, 0.05) is 0 Å². The Kier molecular flexibility index (Phi) is 2.57. The van der Waals surface area contributed by atoms with Crippen molar-refractivity contribution in [2.45, 2.75) is 0 Å². The highest BCUT2D eigenvalue weighted by molar-refractivity contribution is 8.18. The van der Waals surface area contributed by atoms with Gasteiger partial charge in [-0.05, 0) is 35.5 Å². The highest BCUT2D eigenvalue weighted by Gasteiger charge is 2.24. The third kappa shape index (κ3) is 2.01. The number of carbonyl (C=O) groups excluding carboxylic acids is 2. The summed E-state index contributed by atoms with van der Waals surface area (Å²) in [4.78, 5) is 22.4. The van der Waals surface area contributed by atoms with Crippen molar-refractivity contribution in [3.8, 4) is 5.75 Å². The van der Waals surface area contributed by atoms with E-state index in [1.54, 1.807) is 6.07 Å². The summed E-state index contributed by atoms with van der Waals surface area (Å²) in [6.07, 6.45) is 1.52. The molecule has 6 heteroatoms. The van der Waals surface area contributed by atoms with Gasteiger partial charge in [-0.15, -0.1) is 0 Å². The molecule has 0 radical (unpaired) electrons. The number of phenolic OH excluding ortho intramolecular Hbond substituents is 1. The molecule has 2 rings (SSSR count). The van der Waals surface area contributed by atoms with E-state index >= 15 is 0 Å². The first kappa shape index (κ1) is 10.6. The number of aromatic hydroxyl groups is 1. The molecule has 16 heavy (non-hydrogen) atoms. The largest absolute Gasteiger partial charge is 0.506 e. The molecule has 0 saturated carbocycles. The van der Waals surface area contributed by atoms with Crippen LogP contribution in [-0.2, 0) is 4.79 Å². The van der Waals surface area contributed by atoms with E-state index in [-0.39, 0.29) is 11.4 Å². The number of thioether (sulfide) groups is 1. The normalized spacial score (nSPS) is 17.9. The quantitative estimate of drug-likeness (QED) is 0.388. The van der Waals surface area contributed by atoms with E-state index in [1.165, 1.54) is 18.2 Å². The Morgan fingerprint density at radius 1 is 1.38 bits per heavy atom. The molecule has 0 aromatic heterocycles. The van der Waals surface area contributed by atoms with Gasteiger partial charge < -0.3 is 10.8 Å². The van der Waals surface area contributed by atoms with Crippen molar-refractivity contribution in [2.75, 3.05) is 5.73 Å². The first-order valence-electron chi connectivity index (χ1n) is 4.39. The number of anilines is 1. The lowest BCUT2D eigenvalue weighted by Gasteiger charge is -1.99. The van der Waals surface area contributed by atoms with Crippen molar-refractivity contribution < 1.29 is 14.7 Å². The predicted octanol–water partition coefficient (Wildman–Crippen LogP) is 1.30. The second-order valence-electron chi connectivity index (χ2n) is 3.17. The van der Waals surface area contributed by atoms with Crippen molar-refractivity contribution in [1.29, 1.82) is 0 Å². The van der Waals surface area contributed by atoms with Crippen LogP contribution in [0.3, 0.4) is 0 Å². The van der Waals surface area contributed by atoms with Gasteiger partial charge in [-0.1, -0.05) is 6.07 Å². The van der Waals surface area contributed by atoms with Crippen LogP contribution < -0.4 is 11.1 Å². The average molecular weight is 236 g/mol. The molecular formula is C10H8N2O3S. The Balaban J connectivity index is 2.32. The van der Waals surface area contributed by atoms with E-state index in [2.05, 4.69) is 5.32 Å². The van der Waals surface area contributed by atoms with Crippen LogP contribution in [0.4, 0.5) is 10.5 Å². The Morgan fingerprint density at radius 3 is 2.69 bits per heavy atom. The van der Waals surface area contributed by atoms with Crippen molar-refractivity contribution >= 4 is 34.7 Å². The number of hydrogen-bond acceptors (Lipinski definition) is 5. The molecule has 0 unspecified atom stereocenters. The number of phenols is 1. The molecule has 0 aliphatic carbocycles. The fourth-order valence-electron chi connectivity index (χ4n) is 1.22. The summed E-state index contributed by atoms with van der Waals surface area (Å²) >= 11 is 0.827. The molecule has 2 amide bonds. The highest BCUT2D eigenvalue weighted by atomic mass is 32.2. The van der Waals surface area contributed by atoms with Crippen LogP contribution in [0.25, 0.3) is 6.08 Å². The smallest absolute Gasteiger partial charge is 0.290 e. The number of nitrogens with two attached hydrogens (primary N) is 1. The van der Waals surface area contributed by atoms with Gasteiger partial charge in [-0.2, -0.15) is 0 Å². The molecule has 1 aliphatic rings. The minimum atomic E-state index is -0.425. The van der Waals surface area contributed by atoms with Gasteiger partial charge in [0.05, 0.1) is 10.6 Å². The molecule has 1 aliphatic heterocycles. The summed E-state index contributed by atoms with van der Waals surface area (Å²) in [7, 11) is 0. The topological polar surface area (TPSA) is 92.4 Å². The summed E-state index contributed by atoms with van der Waals surface area (Å²) in [5.41, 5.74) is 6.31. The molecule has 1 saturated heterocycles. The maximum atomic E-state index is 11.2. The molecule has 82 valence electrons. The molecule has 1 heterocycles. The minimum absolute atomic E-state index is 0.0518. The van der Waals surface area contributed by atoms with Crippen LogP contribution in [0.2, 0.25) is 0 Å². The zero-order valence-corrected chi connectivity index (χ0v) is 8.88. The summed E-state index contributed by atoms with van der Waals surface area (Å²) < 4.78 is 0. The van der Waals surface area contributed by atoms with Gasteiger partial charge in [0.1, 0.15) is 5.75 Å². The van der Waals surface area contributed by atoms with Crippen LogP contribution in [0.5, 0.6) is 5.75 Å². The zero-order valence-electron chi connectivity index (χ0n) is 8.06. The zero-order chi connectivity index (χ0) is 11.7. The molecule has 5 nitrogen and oxygen atoms in total. The average Bonchev–Trinajstić information content (AvgIpc) is 2.51. The molecule has 1 aromatic rings. The van der Waals surface area contributed by atoms with E-state index in [0.29, 0.717) is 10.5 Å². The van der Waals surface area contributed by atoms with Crippen LogP contribution >= 0.6 is 11.8 Å². The van der Waals surface area contributed by atoms with Gasteiger partial charge in [0.2, 0.25) is 0 Å². The van der Waals surface area contributed by atoms with E-state index in [1.807, 2.05) is 0 Å². The number of imide groups is 1. The fraction of sp³-hybridized carbons (Fsp3) is 0. The minimum Gasteiger partial charge on any atom is -0.506 e. The highest BCUT2D eigenvalue weighted by Crippen LogP contribution is 2.28. The Morgan fingerprint density at radius 2 is 2.12 bits per heavy atom. The van der Waals surface area contributed by atoms with Crippen LogP contribution in [0.15, 0.2) is 23.1 Å². The standard InChI is InChI=1S/C10H8N2O3S/c11-6-2-1-5(3-7(6)13)4-8-9(14)12-10(15)16-8/h1-4,13H,11H2,(H,12,14,15)/b8-4-. The summed E-state index contributed by atoms with van der Waals surface area (Å²) in [6, 6.07) is 4.61. The second kappa shape index (κ2) is 3.90. The van der Waals surface area contributed by atoms with Crippen molar-refractivity contribution in [3.63, 3.8) is 0 Å². The lowest BCUT2D eigenvalue weighted by atomic mass is 10.2. The third-order valence-corrected chi connectivity index (χ3v) is 2.80. The third-order valence-electron chi connectivity index (χ3n) is 1.99. The summed E-state index contributed by atoms with van der Waals surface area (Å²) in [5, 5.41) is 11.1. The van der Waals surface area contributed by atoms with E-state index in [0.717, 1.165) is 11.8 Å². The number of carbonyl (C=O) groups is 2. The van der Waals surface area contributed by atoms with E-state index in [4.69, 9.17) is 5.73 Å². The molecular weight excluding hydrogens is 228 g/mol. The van der Waals surface area contributed by atoms with Gasteiger partial charge in [0.15, 0.2) is 0 Å². The first-order chi connectivity index (χ1) is 7.56.